The Kier molecular flexibility index (Phi) is 10.5. The molecule has 78 heavy (non-hydrogen) atoms. The number of fused-ring (bicyclic) bond motifs is 12. The van der Waals surface area contributed by atoms with Crippen LogP contribution in [0.15, 0.2) is 297 Å². The quantitative estimate of drug-likeness (QED) is 0.133. The van der Waals surface area contributed by atoms with E-state index in [9.17, 15) is 0 Å². The predicted molar refractivity (Wildman–Crippen MR) is 323 cm³/mol. The van der Waals surface area contributed by atoms with Crippen LogP contribution in [0.3, 0.4) is 0 Å². The summed E-state index contributed by atoms with van der Waals surface area (Å²) in [5.74, 6) is 0.0449. The fourth-order valence-electron chi connectivity index (χ4n) is 14.5. The van der Waals surface area contributed by atoms with Gasteiger partial charge in [-0.15, -0.1) is 0 Å². The summed E-state index contributed by atoms with van der Waals surface area (Å²) in [5, 5.41) is 0. The van der Waals surface area contributed by atoms with Crippen molar-refractivity contribution in [1.29, 1.82) is 0 Å². The summed E-state index contributed by atoms with van der Waals surface area (Å²) in [5.41, 5.74) is 28.4. The lowest BCUT2D eigenvalue weighted by Crippen LogP contribution is -2.44. The molecule has 0 aromatic heterocycles. The molecule has 0 fully saturated rings. The van der Waals surface area contributed by atoms with Crippen LogP contribution in [0.25, 0.3) is 55.6 Å². The molecule has 0 N–H and O–H groups in total. The molecule has 1 spiro atoms. The molecular weight excluding hydrogens is 937 g/mol. The molecule has 0 heteroatoms. The number of hydrogen-bond donors (Lipinski definition) is 0. The smallest absolute Gasteiger partial charge is 0.0622 e. The van der Waals surface area contributed by atoms with Crippen molar-refractivity contribution < 1.29 is 0 Å². The standard InChI is InChI=1S/C78H56/c1-76(2)72-49-58(43-46-64(72)65-48-45-60(51-73(65)76)75(56-39-35-54(36-40-56)52-21-7-3-8-22-52)57-41-37-55(38-42-57)53-23-9-4-10-24-53)59-44-47-66-63-29-15-16-30-67(63)78(74(66)50-59)70-33-19-17-31-68(70)77(61-25-11-5-12-26-61,62-27-13-6-14-28-62)69-32-18-20-34-71(69)78/h3-51,75H,1-2H3. The molecule has 12 aromatic carbocycles. The van der Waals surface area contributed by atoms with Gasteiger partial charge in [0, 0.05) is 11.3 Å². The summed E-state index contributed by atoms with van der Waals surface area (Å²) in [6.07, 6.45) is 0. The first kappa shape index (κ1) is 46.0. The molecule has 3 aliphatic carbocycles. The average molecular weight is 993 g/mol. The minimum Gasteiger partial charge on any atom is -0.0622 e. The molecule has 12 aromatic rings. The van der Waals surface area contributed by atoms with Gasteiger partial charge < -0.3 is 0 Å². The van der Waals surface area contributed by atoms with Gasteiger partial charge in [0.2, 0.25) is 0 Å². The van der Waals surface area contributed by atoms with Gasteiger partial charge in [0.25, 0.3) is 0 Å². The van der Waals surface area contributed by atoms with Gasteiger partial charge in [0.05, 0.1) is 10.8 Å². The summed E-state index contributed by atoms with van der Waals surface area (Å²) in [4.78, 5) is 0. The highest BCUT2D eigenvalue weighted by Gasteiger charge is 2.56. The summed E-state index contributed by atoms with van der Waals surface area (Å²) in [7, 11) is 0. The third-order valence-electron chi connectivity index (χ3n) is 18.0. The largest absolute Gasteiger partial charge is 0.0720 e. The fourth-order valence-corrected chi connectivity index (χ4v) is 14.5. The third kappa shape index (κ3) is 6.72. The van der Waals surface area contributed by atoms with Crippen molar-refractivity contribution in [2.24, 2.45) is 0 Å². The monoisotopic (exact) mass is 992 g/mol. The van der Waals surface area contributed by atoms with E-state index in [0.29, 0.717) is 0 Å². The van der Waals surface area contributed by atoms with Crippen LogP contribution in [0.4, 0.5) is 0 Å². The fraction of sp³-hybridized carbons (Fsp3) is 0.0769. The molecule has 0 amide bonds. The van der Waals surface area contributed by atoms with E-state index in [1.165, 1.54) is 128 Å². The predicted octanol–water partition coefficient (Wildman–Crippen LogP) is 19.2. The van der Waals surface area contributed by atoms with Crippen LogP contribution in [-0.2, 0) is 16.2 Å². The van der Waals surface area contributed by atoms with Crippen molar-refractivity contribution >= 4 is 0 Å². The van der Waals surface area contributed by atoms with Gasteiger partial charge >= 0.3 is 0 Å². The van der Waals surface area contributed by atoms with E-state index >= 15 is 0 Å². The summed E-state index contributed by atoms with van der Waals surface area (Å²) < 4.78 is 0. The topological polar surface area (TPSA) is 0 Å². The first-order chi connectivity index (χ1) is 38.4. The van der Waals surface area contributed by atoms with E-state index in [2.05, 4.69) is 311 Å². The van der Waals surface area contributed by atoms with Crippen molar-refractivity contribution in [3.05, 3.63) is 370 Å². The van der Waals surface area contributed by atoms with Gasteiger partial charge in [-0.2, -0.15) is 0 Å². The molecule has 0 aliphatic heterocycles. The molecule has 368 valence electrons. The van der Waals surface area contributed by atoms with Crippen molar-refractivity contribution in [2.45, 2.75) is 36.0 Å². The lowest BCUT2D eigenvalue weighted by atomic mass is 9.51. The Hall–Kier alpha value is -9.36. The van der Waals surface area contributed by atoms with Crippen molar-refractivity contribution in [2.75, 3.05) is 0 Å². The van der Waals surface area contributed by atoms with Crippen LogP contribution in [0, 0.1) is 0 Å². The van der Waals surface area contributed by atoms with Gasteiger partial charge in [-0.3, -0.25) is 0 Å². The second kappa shape index (κ2) is 17.9. The molecule has 15 rings (SSSR count). The van der Waals surface area contributed by atoms with E-state index in [1.54, 1.807) is 0 Å². The molecule has 0 atom stereocenters. The normalized spacial score (nSPS) is 14.4. The van der Waals surface area contributed by atoms with Crippen LogP contribution in [0.2, 0.25) is 0 Å². The molecule has 0 nitrogen and oxygen atoms in total. The lowest BCUT2D eigenvalue weighted by Gasteiger charge is -2.50. The second-order valence-corrected chi connectivity index (χ2v) is 22.2. The van der Waals surface area contributed by atoms with E-state index < -0.39 is 10.8 Å². The van der Waals surface area contributed by atoms with Crippen molar-refractivity contribution in [3.63, 3.8) is 0 Å². The first-order valence-corrected chi connectivity index (χ1v) is 27.6. The molecule has 0 unspecified atom stereocenters. The van der Waals surface area contributed by atoms with E-state index in [-0.39, 0.29) is 11.3 Å². The number of benzene rings is 12. The van der Waals surface area contributed by atoms with E-state index in [1.807, 2.05) is 0 Å². The maximum atomic E-state index is 2.55. The summed E-state index contributed by atoms with van der Waals surface area (Å²) >= 11 is 0. The zero-order valence-corrected chi connectivity index (χ0v) is 43.9. The van der Waals surface area contributed by atoms with Crippen LogP contribution in [0.5, 0.6) is 0 Å². The second-order valence-electron chi connectivity index (χ2n) is 22.2. The highest BCUT2D eigenvalue weighted by molar-refractivity contribution is 5.92. The first-order valence-electron chi connectivity index (χ1n) is 27.6. The van der Waals surface area contributed by atoms with Crippen LogP contribution < -0.4 is 0 Å². The van der Waals surface area contributed by atoms with Gasteiger partial charge in [-0.1, -0.05) is 299 Å². The van der Waals surface area contributed by atoms with E-state index in [4.69, 9.17) is 0 Å². The SMILES string of the molecule is CC1(C)c2cc(-c3ccc4c(c3)C3(c5ccccc5-4)c4ccccc4C(c4ccccc4)(c4ccccc4)c4ccccc43)ccc2-c2ccc(C(c3ccc(-c4ccccc4)cc3)c3ccc(-c4ccccc4)cc3)cc21. The Labute approximate surface area is 458 Å². The average Bonchev–Trinajstić information content (AvgIpc) is 2.61. The van der Waals surface area contributed by atoms with Crippen LogP contribution in [-0.4, -0.2) is 0 Å². The zero-order chi connectivity index (χ0) is 52.0. The Morgan fingerprint density at radius 3 is 1.03 bits per heavy atom. The molecular formula is C78H56. The van der Waals surface area contributed by atoms with Crippen molar-refractivity contribution in [1.82, 2.24) is 0 Å². The molecule has 0 radical (unpaired) electrons. The number of rotatable bonds is 8. The minimum atomic E-state index is -0.564. The van der Waals surface area contributed by atoms with E-state index in [0.717, 1.165) is 0 Å². The Morgan fingerprint density at radius 2 is 0.538 bits per heavy atom. The molecule has 0 saturated heterocycles. The summed E-state index contributed by atoms with van der Waals surface area (Å²) in [6.45, 7) is 4.86. The highest BCUT2D eigenvalue weighted by Crippen LogP contribution is 2.65. The van der Waals surface area contributed by atoms with Gasteiger partial charge in [0.1, 0.15) is 0 Å². The maximum Gasteiger partial charge on any atom is 0.0720 e. The van der Waals surface area contributed by atoms with Crippen molar-refractivity contribution in [3.8, 4) is 55.6 Å². The maximum absolute atomic E-state index is 2.55. The Balaban J connectivity index is 0.857. The molecule has 3 aliphatic rings. The Morgan fingerprint density at radius 1 is 0.218 bits per heavy atom. The summed E-state index contributed by atoms with van der Waals surface area (Å²) in [6, 6.07) is 112. The van der Waals surface area contributed by atoms with Gasteiger partial charge in [0.15, 0.2) is 0 Å². The van der Waals surface area contributed by atoms with Gasteiger partial charge in [-0.05, 0) is 140 Å². The van der Waals surface area contributed by atoms with Crippen LogP contribution in [0.1, 0.15) is 92.1 Å². The Bertz CT molecular complexity index is 4070. The van der Waals surface area contributed by atoms with Crippen LogP contribution >= 0.6 is 0 Å². The zero-order valence-electron chi connectivity index (χ0n) is 43.9. The third-order valence-corrected chi connectivity index (χ3v) is 18.0. The molecule has 0 bridgehead atoms. The molecule has 0 heterocycles. The van der Waals surface area contributed by atoms with Gasteiger partial charge in [-0.25, -0.2) is 0 Å². The lowest BCUT2D eigenvalue weighted by molar-refractivity contribution is 0.624. The minimum absolute atomic E-state index is 0.0449. The number of hydrogen-bond acceptors (Lipinski definition) is 0. The molecule has 0 saturated carbocycles. The highest BCUT2D eigenvalue weighted by atomic mass is 14.6.